The first kappa shape index (κ1) is 26.0. The summed E-state index contributed by atoms with van der Waals surface area (Å²) in [6, 6.07) is 21.7. The molecule has 0 radical (unpaired) electrons. The van der Waals surface area contributed by atoms with Gasteiger partial charge in [0.25, 0.3) is 0 Å². The summed E-state index contributed by atoms with van der Waals surface area (Å²) in [6.45, 7) is 3.40. The van der Waals surface area contributed by atoms with Gasteiger partial charge in [-0.25, -0.2) is 0 Å². The lowest BCUT2D eigenvalue weighted by Crippen LogP contribution is -2.47. The quantitative estimate of drug-likeness (QED) is 0.564. The first-order valence-corrected chi connectivity index (χ1v) is 12.9. The van der Waals surface area contributed by atoms with Gasteiger partial charge in [0, 0.05) is 31.7 Å². The van der Waals surface area contributed by atoms with Crippen LogP contribution in [0.25, 0.3) is 0 Å². The standard InChI is InChI=1S/C30H35N3O5/c1-32-15-21-11-12-27(36-3)28(14-21)38-24-9-6-7-22(13-24)20-37-29-18-33(17-25(29)31-30(34)19-32)16-23-8-4-5-10-26(23)35-2/h4-14,25,29H,15-20H2,1-3H3,(H,31,34)/t25-,29-/m0/s1. The average Bonchev–Trinajstić information content (AvgIpc) is 3.28. The van der Waals surface area contributed by atoms with Crippen molar-refractivity contribution in [1.82, 2.24) is 15.1 Å². The summed E-state index contributed by atoms with van der Waals surface area (Å²) in [6.07, 6.45) is -0.149. The molecule has 4 bridgehead atoms. The van der Waals surface area contributed by atoms with Gasteiger partial charge in [0.05, 0.1) is 39.5 Å². The summed E-state index contributed by atoms with van der Waals surface area (Å²) in [5, 5.41) is 3.24. The molecule has 2 heterocycles. The minimum atomic E-state index is -0.149. The van der Waals surface area contributed by atoms with E-state index in [1.165, 1.54) is 0 Å². The van der Waals surface area contributed by atoms with Crippen molar-refractivity contribution >= 4 is 5.91 Å². The Bertz CT molecular complexity index is 1270. The van der Waals surface area contributed by atoms with Crippen LogP contribution in [0.4, 0.5) is 0 Å². The molecule has 2 aliphatic heterocycles. The summed E-state index contributed by atoms with van der Waals surface area (Å²) < 4.78 is 23.7. The fourth-order valence-electron chi connectivity index (χ4n) is 5.16. The van der Waals surface area contributed by atoms with Crippen LogP contribution in [-0.2, 0) is 29.2 Å². The van der Waals surface area contributed by atoms with Gasteiger partial charge < -0.3 is 24.3 Å². The highest BCUT2D eigenvalue weighted by molar-refractivity contribution is 5.78. The average molecular weight is 518 g/mol. The van der Waals surface area contributed by atoms with E-state index in [-0.39, 0.29) is 24.6 Å². The molecular formula is C30H35N3O5. The van der Waals surface area contributed by atoms with Crippen molar-refractivity contribution < 1.29 is 23.7 Å². The molecular weight excluding hydrogens is 482 g/mol. The van der Waals surface area contributed by atoms with Crippen LogP contribution in [0.2, 0.25) is 0 Å². The third-order valence-electron chi connectivity index (χ3n) is 6.96. The van der Waals surface area contributed by atoms with Gasteiger partial charge in [-0.2, -0.15) is 0 Å². The summed E-state index contributed by atoms with van der Waals surface area (Å²) in [4.78, 5) is 17.4. The number of likely N-dealkylation sites (N-methyl/N-ethyl adjacent to an activating group) is 1. The van der Waals surface area contributed by atoms with Crippen LogP contribution in [0.15, 0.2) is 66.7 Å². The highest BCUT2D eigenvalue weighted by atomic mass is 16.5. The van der Waals surface area contributed by atoms with Gasteiger partial charge in [-0.15, -0.1) is 0 Å². The molecule has 0 unspecified atom stereocenters. The van der Waals surface area contributed by atoms with Crippen LogP contribution in [-0.4, -0.2) is 68.8 Å². The molecule has 2 atom stereocenters. The number of nitrogens with zero attached hydrogens (tertiary/aromatic N) is 2. The molecule has 2 aliphatic rings. The number of benzene rings is 3. The number of fused-ring (bicyclic) bond motifs is 5. The molecule has 5 rings (SSSR count). The maximum Gasteiger partial charge on any atom is 0.234 e. The predicted octanol–water partition coefficient (Wildman–Crippen LogP) is 3.83. The second kappa shape index (κ2) is 11.9. The number of carbonyl (C=O) groups is 1. The van der Waals surface area contributed by atoms with E-state index in [2.05, 4.69) is 16.3 Å². The van der Waals surface area contributed by atoms with Gasteiger partial charge in [0.2, 0.25) is 5.91 Å². The number of rotatable bonds is 4. The van der Waals surface area contributed by atoms with Gasteiger partial charge in [-0.05, 0) is 48.5 Å². The Morgan fingerprint density at radius 2 is 1.76 bits per heavy atom. The Labute approximate surface area is 224 Å². The Morgan fingerprint density at radius 3 is 2.61 bits per heavy atom. The second-order valence-electron chi connectivity index (χ2n) is 9.94. The molecule has 200 valence electrons. The largest absolute Gasteiger partial charge is 0.496 e. The summed E-state index contributed by atoms with van der Waals surface area (Å²) in [5.74, 6) is 2.85. The van der Waals surface area contributed by atoms with Crippen molar-refractivity contribution in [2.75, 3.05) is 40.9 Å². The molecule has 1 N–H and O–H groups in total. The molecule has 0 aliphatic carbocycles. The molecule has 1 fully saturated rings. The number of para-hydroxylation sites is 1. The summed E-state index contributed by atoms with van der Waals surface area (Å²) >= 11 is 0. The second-order valence-corrected chi connectivity index (χ2v) is 9.94. The fraction of sp³-hybridized carbons (Fsp3) is 0.367. The van der Waals surface area contributed by atoms with E-state index in [1.807, 2.05) is 72.6 Å². The van der Waals surface area contributed by atoms with Crippen molar-refractivity contribution in [2.24, 2.45) is 0 Å². The van der Waals surface area contributed by atoms with Crippen molar-refractivity contribution in [2.45, 2.75) is 31.8 Å². The third-order valence-corrected chi connectivity index (χ3v) is 6.96. The zero-order valence-electron chi connectivity index (χ0n) is 22.2. The number of carbonyl (C=O) groups excluding carboxylic acids is 1. The number of methoxy groups -OCH3 is 2. The lowest BCUT2D eigenvalue weighted by molar-refractivity contribution is -0.123. The van der Waals surface area contributed by atoms with Crippen molar-refractivity contribution in [3.05, 3.63) is 83.4 Å². The van der Waals surface area contributed by atoms with Gasteiger partial charge >= 0.3 is 0 Å². The van der Waals surface area contributed by atoms with E-state index in [1.54, 1.807) is 14.2 Å². The van der Waals surface area contributed by atoms with Crippen LogP contribution in [0.1, 0.15) is 16.7 Å². The van der Waals surface area contributed by atoms with E-state index < -0.39 is 0 Å². The molecule has 8 heteroatoms. The number of hydrogen-bond donors (Lipinski definition) is 1. The normalized spacial score (nSPS) is 20.8. The first-order chi connectivity index (χ1) is 18.5. The number of likely N-dealkylation sites (tertiary alicyclic amines) is 1. The maximum atomic E-state index is 13.1. The number of nitrogens with one attached hydrogen (secondary N) is 1. The smallest absolute Gasteiger partial charge is 0.234 e. The van der Waals surface area contributed by atoms with Crippen LogP contribution in [0, 0.1) is 0 Å². The molecule has 1 saturated heterocycles. The Hall–Kier alpha value is -3.59. The molecule has 38 heavy (non-hydrogen) atoms. The van der Waals surface area contributed by atoms with E-state index in [9.17, 15) is 4.79 Å². The van der Waals surface area contributed by atoms with Gasteiger partial charge in [0.1, 0.15) is 11.5 Å². The molecule has 3 aromatic carbocycles. The summed E-state index contributed by atoms with van der Waals surface area (Å²) in [5.41, 5.74) is 3.14. The zero-order valence-corrected chi connectivity index (χ0v) is 22.2. The van der Waals surface area contributed by atoms with Gasteiger partial charge in [-0.3, -0.25) is 14.6 Å². The minimum absolute atomic E-state index is 0.0238. The molecule has 1 amide bonds. The SMILES string of the molecule is COc1ccccc1CN1C[C@@H]2NC(=O)CN(C)Cc3ccc(OC)c(c3)Oc3cccc(c3)CO[C@H]2C1. The Balaban J connectivity index is 1.38. The van der Waals surface area contributed by atoms with E-state index in [4.69, 9.17) is 18.9 Å². The van der Waals surface area contributed by atoms with Crippen LogP contribution in [0.3, 0.4) is 0 Å². The van der Waals surface area contributed by atoms with Gasteiger partial charge in [-0.1, -0.05) is 36.4 Å². The highest BCUT2D eigenvalue weighted by Gasteiger charge is 2.35. The Kier molecular flexibility index (Phi) is 8.12. The third kappa shape index (κ3) is 6.27. The van der Waals surface area contributed by atoms with Gasteiger partial charge in [0.15, 0.2) is 11.5 Å². The number of amides is 1. The van der Waals surface area contributed by atoms with Crippen molar-refractivity contribution in [3.8, 4) is 23.0 Å². The Morgan fingerprint density at radius 1 is 0.921 bits per heavy atom. The van der Waals surface area contributed by atoms with Crippen molar-refractivity contribution in [1.29, 1.82) is 0 Å². The van der Waals surface area contributed by atoms with Crippen molar-refractivity contribution in [3.63, 3.8) is 0 Å². The zero-order chi connectivity index (χ0) is 26.5. The molecule has 0 spiro atoms. The van der Waals surface area contributed by atoms with Crippen LogP contribution >= 0.6 is 0 Å². The maximum absolute atomic E-state index is 13.1. The van der Waals surface area contributed by atoms with E-state index in [0.717, 1.165) is 34.7 Å². The van der Waals surface area contributed by atoms with E-state index >= 15 is 0 Å². The van der Waals surface area contributed by atoms with Crippen LogP contribution in [0.5, 0.6) is 23.0 Å². The number of ether oxygens (including phenoxy) is 4. The molecule has 0 saturated carbocycles. The monoisotopic (exact) mass is 517 g/mol. The predicted molar refractivity (Wildman–Crippen MR) is 145 cm³/mol. The molecule has 0 aromatic heterocycles. The topological polar surface area (TPSA) is 72.5 Å². The fourth-order valence-corrected chi connectivity index (χ4v) is 5.16. The molecule has 3 aromatic rings. The number of hydrogen-bond acceptors (Lipinski definition) is 7. The highest BCUT2D eigenvalue weighted by Crippen LogP contribution is 2.33. The lowest BCUT2D eigenvalue weighted by Gasteiger charge is -2.23. The lowest BCUT2D eigenvalue weighted by atomic mass is 10.1. The molecule has 8 nitrogen and oxygen atoms in total. The summed E-state index contributed by atoms with van der Waals surface area (Å²) in [7, 11) is 5.26. The first-order valence-electron chi connectivity index (χ1n) is 12.9. The van der Waals surface area contributed by atoms with E-state index in [0.29, 0.717) is 37.7 Å². The minimum Gasteiger partial charge on any atom is -0.496 e. The van der Waals surface area contributed by atoms with Crippen LogP contribution < -0.4 is 19.5 Å².